The molecular formula is C24H25N5O3S. The van der Waals surface area contributed by atoms with Crippen molar-refractivity contribution in [1.82, 2.24) is 19.9 Å². The molecule has 170 valence electrons. The van der Waals surface area contributed by atoms with Gasteiger partial charge in [-0.25, -0.2) is 9.97 Å². The zero-order valence-electron chi connectivity index (χ0n) is 18.9. The number of carbonyl (C=O) groups is 2. The average molecular weight is 464 g/mol. The third-order valence-electron chi connectivity index (χ3n) is 5.24. The summed E-state index contributed by atoms with van der Waals surface area (Å²) in [6.45, 7) is 3.72. The van der Waals surface area contributed by atoms with E-state index in [2.05, 4.69) is 15.6 Å². The number of ether oxygens (including phenoxy) is 1. The predicted molar refractivity (Wildman–Crippen MR) is 129 cm³/mol. The molecule has 0 saturated heterocycles. The van der Waals surface area contributed by atoms with Gasteiger partial charge in [0.15, 0.2) is 0 Å². The van der Waals surface area contributed by atoms with E-state index in [0.717, 1.165) is 27.6 Å². The standard InChI is InChI=1S/C24H25N5O3S/c1-14(20-13-33-15(2)26-20)25-24(31)17-10-18(27-21(30)12-32-4)22-19(11-17)28-23(29(22)3)16-8-6-5-7-9-16/h5-11,13-14H,12H2,1-4H3,(H,25,31)(H,27,30)/t14-/m1/s1. The molecule has 4 rings (SSSR count). The topological polar surface area (TPSA) is 98.1 Å². The second kappa shape index (κ2) is 9.51. The van der Waals surface area contributed by atoms with Crippen LogP contribution in [-0.4, -0.2) is 40.1 Å². The molecule has 0 unspecified atom stereocenters. The second-order valence-electron chi connectivity index (χ2n) is 7.72. The van der Waals surface area contributed by atoms with Crippen LogP contribution in [0.3, 0.4) is 0 Å². The highest BCUT2D eigenvalue weighted by Crippen LogP contribution is 2.30. The minimum Gasteiger partial charge on any atom is -0.375 e. The van der Waals surface area contributed by atoms with E-state index in [1.807, 2.05) is 61.2 Å². The zero-order valence-corrected chi connectivity index (χ0v) is 19.7. The highest BCUT2D eigenvalue weighted by molar-refractivity contribution is 7.09. The molecule has 0 radical (unpaired) electrons. The first kappa shape index (κ1) is 22.6. The fourth-order valence-corrected chi connectivity index (χ4v) is 4.38. The first-order chi connectivity index (χ1) is 15.9. The molecule has 2 aromatic carbocycles. The summed E-state index contributed by atoms with van der Waals surface area (Å²) in [6, 6.07) is 12.9. The largest absolute Gasteiger partial charge is 0.375 e. The van der Waals surface area contributed by atoms with Gasteiger partial charge in [-0.1, -0.05) is 30.3 Å². The summed E-state index contributed by atoms with van der Waals surface area (Å²) < 4.78 is 6.87. The van der Waals surface area contributed by atoms with Gasteiger partial charge in [0, 0.05) is 30.7 Å². The van der Waals surface area contributed by atoms with E-state index in [4.69, 9.17) is 9.72 Å². The highest BCUT2D eigenvalue weighted by atomic mass is 32.1. The molecule has 0 aliphatic rings. The summed E-state index contributed by atoms with van der Waals surface area (Å²) in [5.41, 5.74) is 3.96. The molecule has 2 aromatic heterocycles. The van der Waals surface area contributed by atoms with Crippen molar-refractivity contribution in [1.29, 1.82) is 0 Å². The number of nitrogens with zero attached hydrogens (tertiary/aromatic N) is 3. The molecule has 2 heterocycles. The van der Waals surface area contributed by atoms with Crippen LogP contribution in [0.25, 0.3) is 22.4 Å². The fraction of sp³-hybridized carbons (Fsp3) is 0.250. The van der Waals surface area contributed by atoms with Gasteiger partial charge in [-0.2, -0.15) is 0 Å². The van der Waals surface area contributed by atoms with Crippen LogP contribution in [0.4, 0.5) is 5.69 Å². The van der Waals surface area contributed by atoms with Gasteiger partial charge in [-0.3, -0.25) is 9.59 Å². The average Bonchev–Trinajstić information content (AvgIpc) is 3.38. The smallest absolute Gasteiger partial charge is 0.251 e. The first-order valence-electron chi connectivity index (χ1n) is 10.4. The second-order valence-corrected chi connectivity index (χ2v) is 8.78. The van der Waals surface area contributed by atoms with Crippen molar-refractivity contribution in [3.05, 3.63) is 64.1 Å². The number of methoxy groups -OCH3 is 1. The number of hydrogen-bond acceptors (Lipinski definition) is 6. The number of hydrogen-bond donors (Lipinski definition) is 2. The summed E-state index contributed by atoms with van der Waals surface area (Å²) in [5, 5.41) is 8.72. The summed E-state index contributed by atoms with van der Waals surface area (Å²) in [7, 11) is 3.34. The number of benzene rings is 2. The number of rotatable bonds is 7. The summed E-state index contributed by atoms with van der Waals surface area (Å²) in [5.74, 6) is 0.144. The van der Waals surface area contributed by atoms with Crippen molar-refractivity contribution in [2.45, 2.75) is 19.9 Å². The minimum absolute atomic E-state index is 0.0957. The quantitative estimate of drug-likeness (QED) is 0.430. The van der Waals surface area contributed by atoms with Gasteiger partial charge in [-0.05, 0) is 26.0 Å². The Morgan fingerprint density at radius 1 is 1.18 bits per heavy atom. The van der Waals surface area contributed by atoms with E-state index in [1.54, 1.807) is 12.1 Å². The Morgan fingerprint density at radius 2 is 1.94 bits per heavy atom. The normalized spacial score (nSPS) is 12.0. The number of amides is 2. The van der Waals surface area contributed by atoms with Crippen molar-refractivity contribution < 1.29 is 14.3 Å². The molecule has 2 amide bonds. The minimum atomic E-state index is -0.315. The Hall–Kier alpha value is -3.56. The number of imidazole rings is 1. The summed E-state index contributed by atoms with van der Waals surface area (Å²) in [6.07, 6.45) is 0. The lowest BCUT2D eigenvalue weighted by Gasteiger charge is -2.14. The number of fused-ring (bicyclic) bond motifs is 1. The highest BCUT2D eigenvalue weighted by Gasteiger charge is 2.20. The fourth-order valence-electron chi connectivity index (χ4n) is 3.67. The van der Waals surface area contributed by atoms with Crippen LogP contribution in [0.2, 0.25) is 0 Å². The van der Waals surface area contributed by atoms with Crippen LogP contribution < -0.4 is 10.6 Å². The Bertz CT molecular complexity index is 1310. The number of thiazole rings is 1. The lowest BCUT2D eigenvalue weighted by atomic mass is 10.1. The number of nitrogens with one attached hydrogen (secondary N) is 2. The molecule has 0 bridgehead atoms. The zero-order chi connectivity index (χ0) is 23.5. The molecule has 0 aliphatic carbocycles. The van der Waals surface area contributed by atoms with E-state index in [1.165, 1.54) is 18.4 Å². The Kier molecular flexibility index (Phi) is 6.52. The van der Waals surface area contributed by atoms with Gasteiger partial charge >= 0.3 is 0 Å². The van der Waals surface area contributed by atoms with Crippen molar-refractivity contribution in [3.63, 3.8) is 0 Å². The van der Waals surface area contributed by atoms with Crippen LogP contribution in [0.5, 0.6) is 0 Å². The van der Waals surface area contributed by atoms with Crippen molar-refractivity contribution in [2.24, 2.45) is 7.05 Å². The third-order valence-corrected chi connectivity index (χ3v) is 6.03. The lowest BCUT2D eigenvalue weighted by Crippen LogP contribution is -2.27. The Morgan fingerprint density at radius 3 is 2.61 bits per heavy atom. The van der Waals surface area contributed by atoms with Gasteiger partial charge < -0.3 is 19.9 Å². The Balaban J connectivity index is 1.75. The van der Waals surface area contributed by atoms with E-state index in [-0.39, 0.29) is 24.5 Å². The first-order valence-corrected chi connectivity index (χ1v) is 11.3. The molecule has 8 nitrogen and oxygen atoms in total. The van der Waals surface area contributed by atoms with E-state index in [0.29, 0.717) is 16.8 Å². The van der Waals surface area contributed by atoms with Crippen LogP contribution in [0.1, 0.15) is 34.0 Å². The number of carbonyl (C=O) groups excluding carboxylic acids is 2. The summed E-state index contributed by atoms with van der Waals surface area (Å²) in [4.78, 5) is 34.6. The molecule has 0 aliphatic heterocycles. The molecule has 0 saturated carbocycles. The van der Waals surface area contributed by atoms with E-state index in [9.17, 15) is 9.59 Å². The van der Waals surface area contributed by atoms with Crippen LogP contribution in [-0.2, 0) is 16.6 Å². The van der Waals surface area contributed by atoms with E-state index >= 15 is 0 Å². The molecule has 1 atom stereocenters. The van der Waals surface area contributed by atoms with Gasteiger partial charge in [-0.15, -0.1) is 11.3 Å². The third kappa shape index (κ3) is 4.79. The van der Waals surface area contributed by atoms with Crippen molar-refractivity contribution in [2.75, 3.05) is 19.0 Å². The van der Waals surface area contributed by atoms with Gasteiger partial charge in [0.05, 0.1) is 33.5 Å². The molecule has 33 heavy (non-hydrogen) atoms. The number of anilines is 1. The van der Waals surface area contributed by atoms with Crippen LogP contribution in [0, 0.1) is 6.92 Å². The number of aryl methyl sites for hydroxylation is 2. The van der Waals surface area contributed by atoms with Gasteiger partial charge in [0.25, 0.3) is 5.91 Å². The monoisotopic (exact) mass is 463 g/mol. The van der Waals surface area contributed by atoms with Crippen LogP contribution in [0.15, 0.2) is 47.8 Å². The maximum absolute atomic E-state index is 13.1. The van der Waals surface area contributed by atoms with Crippen LogP contribution >= 0.6 is 11.3 Å². The van der Waals surface area contributed by atoms with Crippen molar-refractivity contribution in [3.8, 4) is 11.4 Å². The molecule has 9 heteroatoms. The maximum Gasteiger partial charge on any atom is 0.251 e. The van der Waals surface area contributed by atoms with Crippen molar-refractivity contribution >= 4 is 39.9 Å². The maximum atomic E-state index is 13.1. The number of aromatic nitrogens is 3. The lowest BCUT2D eigenvalue weighted by molar-refractivity contribution is -0.119. The molecule has 4 aromatic rings. The van der Waals surface area contributed by atoms with Gasteiger partial charge in [0.2, 0.25) is 5.91 Å². The van der Waals surface area contributed by atoms with Gasteiger partial charge in [0.1, 0.15) is 12.4 Å². The predicted octanol–water partition coefficient (Wildman–Crippen LogP) is 4.08. The Labute approximate surface area is 195 Å². The molecule has 2 N–H and O–H groups in total. The SMILES string of the molecule is COCC(=O)Nc1cc(C(=O)N[C@H](C)c2csc(C)n2)cc2nc(-c3ccccc3)n(C)c12. The molecule has 0 spiro atoms. The van der Waals surface area contributed by atoms with E-state index < -0.39 is 0 Å². The molecule has 0 fully saturated rings. The summed E-state index contributed by atoms with van der Waals surface area (Å²) >= 11 is 1.54. The molecular weight excluding hydrogens is 438 g/mol.